The van der Waals surface area contributed by atoms with Crippen LogP contribution in [0.5, 0.6) is 0 Å². The Kier molecular flexibility index (Phi) is 3.52. The van der Waals surface area contributed by atoms with Crippen molar-refractivity contribution in [3.63, 3.8) is 0 Å². The van der Waals surface area contributed by atoms with Crippen molar-refractivity contribution in [1.82, 2.24) is 0 Å². The molecule has 1 aromatic rings. The number of Topliss-reactive ketones (excluding diaryl/α,β-unsaturated/α-hetero) is 1. The number of carbonyl (C=O) groups is 2. The van der Waals surface area contributed by atoms with E-state index < -0.39 is 5.97 Å². The second kappa shape index (κ2) is 5.09. The lowest BCUT2D eigenvalue weighted by Gasteiger charge is -2.28. The second-order valence-corrected chi connectivity index (χ2v) is 6.95. The van der Waals surface area contributed by atoms with Crippen LogP contribution in [0.1, 0.15) is 48.2 Å². The van der Waals surface area contributed by atoms with E-state index in [1.165, 1.54) is 11.1 Å². The smallest absolute Gasteiger partial charge is 0.335 e. The van der Waals surface area contributed by atoms with Crippen LogP contribution in [0.2, 0.25) is 0 Å². The van der Waals surface area contributed by atoms with Gasteiger partial charge in [-0.1, -0.05) is 28.4 Å². The van der Waals surface area contributed by atoms with Crippen LogP contribution in [0.15, 0.2) is 22.2 Å². The first-order valence-electron chi connectivity index (χ1n) is 7.17. The van der Waals surface area contributed by atoms with Crippen LogP contribution in [-0.4, -0.2) is 16.9 Å². The molecule has 2 unspecified atom stereocenters. The van der Waals surface area contributed by atoms with Crippen molar-refractivity contribution >= 4 is 33.3 Å². The molecule has 0 spiro atoms. The molecule has 0 saturated heterocycles. The van der Waals surface area contributed by atoms with Crippen molar-refractivity contribution < 1.29 is 14.7 Å². The van der Waals surface area contributed by atoms with Gasteiger partial charge in [-0.3, -0.25) is 4.79 Å². The molecule has 0 radical (unpaired) electrons. The van der Waals surface area contributed by atoms with Gasteiger partial charge < -0.3 is 5.11 Å². The summed E-state index contributed by atoms with van der Waals surface area (Å²) in [5.41, 5.74) is 4.85. The third-order valence-electron chi connectivity index (χ3n) is 4.73. The molecule has 21 heavy (non-hydrogen) atoms. The Labute approximate surface area is 132 Å². The highest BCUT2D eigenvalue weighted by Gasteiger charge is 2.36. The summed E-state index contributed by atoms with van der Waals surface area (Å²) in [5, 5.41) is 9.39. The number of hydrogen-bond acceptors (Lipinski definition) is 2. The zero-order valence-electron chi connectivity index (χ0n) is 12.1. The molecular weight excluding hydrogens is 332 g/mol. The summed E-state index contributed by atoms with van der Waals surface area (Å²) in [4.78, 5) is 23.2. The third kappa shape index (κ3) is 2.26. The van der Waals surface area contributed by atoms with Gasteiger partial charge in [-0.05, 0) is 60.9 Å². The van der Waals surface area contributed by atoms with Crippen LogP contribution in [0.4, 0.5) is 0 Å². The largest absolute Gasteiger partial charge is 0.478 e. The zero-order valence-corrected chi connectivity index (χ0v) is 13.7. The van der Waals surface area contributed by atoms with Crippen molar-refractivity contribution in [1.29, 1.82) is 0 Å². The van der Waals surface area contributed by atoms with Gasteiger partial charge in [0.25, 0.3) is 0 Å². The van der Waals surface area contributed by atoms with Gasteiger partial charge in [0.2, 0.25) is 0 Å². The molecule has 0 aromatic heterocycles. The first-order chi connectivity index (χ1) is 9.90. The van der Waals surface area contributed by atoms with E-state index in [4.69, 9.17) is 0 Å². The quantitative estimate of drug-likeness (QED) is 0.875. The number of fused-ring (bicyclic) bond motifs is 2. The number of rotatable bonds is 2. The molecule has 110 valence electrons. The van der Waals surface area contributed by atoms with Crippen LogP contribution >= 0.6 is 15.9 Å². The summed E-state index contributed by atoms with van der Waals surface area (Å²) in [6.45, 7) is 3.79. The van der Waals surface area contributed by atoms with Crippen molar-refractivity contribution in [2.45, 2.75) is 33.1 Å². The van der Waals surface area contributed by atoms with Crippen molar-refractivity contribution in [3.8, 4) is 0 Å². The number of carboxylic acids is 1. The van der Waals surface area contributed by atoms with E-state index in [-0.39, 0.29) is 11.7 Å². The van der Waals surface area contributed by atoms with E-state index in [1.54, 1.807) is 13.0 Å². The van der Waals surface area contributed by atoms with E-state index in [2.05, 4.69) is 22.9 Å². The van der Waals surface area contributed by atoms with Gasteiger partial charge >= 0.3 is 5.97 Å². The Bertz CT molecular complexity index is 688. The van der Waals surface area contributed by atoms with Crippen LogP contribution in [0.25, 0.3) is 5.57 Å². The van der Waals surface area contributed by atoms with E-state index in [0.717, 1.165) is 28.4 Å². The van der Waals surface area contributed by atoms with Crippen LogP contribution in [0.3, 0.4) is 0 Å². The highest BCUT2D eigenvalue weighted by atomic mass is 79.9. The summed E-state index contributed by atoms with van der Waals surface area (Å²) in [7, 11) is 0. The van der Waals surface area contributed by atoms with Crippen LogP contribution in [0, 0.1) is 11.8 Å². The molecule has 1 aromatic carbocycles. The third-order valence-corrected chi connectivity index (χ3v) is 5.39. The number of aromatic carboxylic acids is 1. The number of hydrogen-bond donors (Lipinski definition) is 1. The molecule has 0 bridgehead atoms. The Morgan fingerprint density at radius 2 is 2.05 bits per heavy atom. The summed E-state index contributed by atoms with van der Waals surface area (Å²) in [6, 6.07) is 3.48. The fourth-order valence-corrected chi connectivity index (χ4v) is 4.38. The SMILES string of the molecule is CC(=O)C1CC2=C(c3c(Br)ccc(C(=O)O)c3C2)C(C)C1. The summed E-state index contributed by atoms with van der Waals surface area (Å²) >= 11 is 3.57. The van der Waals surface area contributed by atoms with E-state index in [9.17, 15) is 14.7 Å². The van der Waals surface area contributed by atoms with Gasteiger partial charge in [0.1, 0.15) is 5.78 Å². The normalized spacial score (nSPS) is 23.8. The van der Waals surface area contributed by atoms with E-state index in [1.807, 2.05) is 6.07 Å². The fraction of sp³-hybridized carbons (Fsp3) is 0.412. The number of benzene rings is 1. The molecule has 0 saturated carbocycles. The lowest BCUT2D eigenvalue weighted by atomic mass is 9.76. The standard InChI is InChI=1S/C17H17BrO3/c1-8-5-10(9(2)19)6-11-7-13-12(17(20)21)3-4-14(18)16(13)15(8)11/h3-4,8,10H,5-7H2,1-2H3,(H,20,21). The maximum Gasteiger partial charge on any atom is 0.335 e. The molecule has 4 heteroatoms. The molecule has 2 aliphatic carbocycles. The highest BCUT2D eigenvalue weighted by Crippen LogP contribution is 2.49. The maximum absolute atomic E-state index is 11.7. The van der Waals surface area contributed by atoms with Gasteiger partial charge in [0.15, 0.2) is 0 Å². The topological polar surface area (TPSA) is 54.4 Å². The molecule has 0 fully saturated rings. The number of carboxylic acid groups (broad SMARTS) is 1. The number of allylic oxidation sites excluding steroid dienone is 2. The van der Waals surface area contributed by atoms with Crippen LogP contribution in [-0.2, 0) is 11.2 Å². The van der Waals surface area contributed by atoms with Crippen molar-refractivity contribution in [2.75, 3.05) is 0 Å². The predicted molar refractivity (Wildman–Crippen MR) is 84.3 cm³/mol. The lowest BCUT2D eigenvalue weighted by Crippen LogP contribution is -2.20. The monoisotopic (exact) mass is 348 g/mol. The first kappa shape index (κ1) is 14.5. The van der Waals surface area contributed by atoms with Crippen molar-refractivity contribution in [2.24, 2.45) is 11.8 Å². The molecule has 3 rings (SSSR count). The van der Waals surface area contributed by atoms with Gasteiger partial charge in [-0.25, -0.2) is 4.79 Å². The minimum Gasteiger partial charge on any atom is -0.478 e. The van der Waals surface area contributed by atoms with E-state index in [0.29, 0.717) is 17.9 Å². The molecule has 3 nitrogen and oxygen atoms in total. The Hall–Kier alpha value is -1.42. The van der Waals surface area contributed by atoms with Gasteiger partial charge in [-0.15, -0.1) is 0 Å². The number of carbonyl (C=O) groups excluding carboxylic acids is 1. The summed E-state index contributed by atoms with van der Waals surface area (Å²) < 4.78 is 0.959. The predicted octanol–water partition coefficient (Wildman–Crippen LogP) is 4.09. The Balaban J connectivity index is 2.12. The molecule has 0 amide bonds. The maximum atomic E-state index is 11.7. The zero-order chi connectivity index (χ0) is 15.3. The Morgan fingerprint density at radius 3 is 2.67 bits per heavy atom. The molecule has 2 aliphatic rings. The van der Waals surface area contributed by atoms with Gasteiger partial charge in [0, 0.05) is 10.4 Å². The minimum atomic E-state index is -0.880. The highest BCUT2D eigenvalue weighted by molar-refractivity contribution is 9.10. The van der Waals surface area contributed by atoms with Crippen molar-refractivity contribution in [3.05, 3.63) is 38.9 Å². The molecule has 1 N–H and O–H groups in total. The number of halogens is 1. The average Bonchev–Trinajstić information content (AvgIpc) is 2.78. The lowest BCUT2D eigenvalue weighted by molar-refractivity contribution is -0.121. The molecule has 2 atom stereocenters. The minimum absolute atomic E-state index is 0.0834. The number of ketones is 1. The molecule has 0 heterocycles. The fourth-order valence-electron chi connectivity index (χ4n) is 3.79. The van der Waals surface area contributed by atoms with Gasteiger partial charge in [-0.2, -0.15) is 0 Å². The summed E-state index contributed by atoms with van der Waals surface area (Å²) in [5.74, 6) is -0.263. The van der Waals surface area contributed by atoms with Gasteiger partial charge in [0.05, 0.1) is 5.56 Å². The Morgan fingerprint density at radius 1 is 1.33 bits per heavy atom. The average molecular weight is 349 g/mol. The van der Waals surface area contributed by atoms with E-state index >= 15 is 0 Å². The van der Waals surface area contributed by atoms with Crippen LogP contribution < -0.4 is 0 Å². The second-order valence-electron chi connectivity index (χ2n) is 6.10. The molecule has 0 aliphatic heterocycles. The summed E-state index contributed by atoms with van der Waals surface area (Å²) in [6.07, 6.45) is 2.30. The molecular formula is C17H17BrO3. The first-order valence-corrected chi connectivity index (χ1v) is 7.96.